The molecule has 2 fully saturated rings. The van der Waals surface area contributed by atoms with E-state index in [0.717, 1.165) is 69.3 Å². The van der Waals surface area contributed by atoms with E-state index in [0.29, 0.717) is 32.3 Å². The van der Waals surface area contributed by atoms with E-state index >= 15 is 0 Å². The number of ether oxygens (including phenoxy) is 2. The summed E-state index contributed by atoms with van der Waals surface area (Å²) >= 11 is 0. The van der Waals surface area contributed by atoms with Gasteiger partial charge in [-0.3, -0.25) is 9.69 Å². The lowest BCUT2D eigenvalue weighted by Crippen LogP contribution is -2.41. The molecule has 1 saturated carbocycles. The van der Waals surface area contributed by atoms with Gasteiger partial charge in [0.1, 0.15) is 12.4 Å². The second-order valence-electron chi connectivity index (χ2n) is 8.51. The SMILES string of the molecule is CCNC(=NCc1cccc(OCCN(C)C2CCOCC2)c1)NCCNC(=O)C1CC1. The third kappa shape index (κ3) is 8.67. The van der Waals surface area contributed by atoms with Crippen LogP contribution in [0.2, 0.25) is 0 Å². The van der Waals surface area contributed by atoms with Crippen molar-refractivity contribution in [1.29, 1.82) is 0 Å². The van der Waals surface area contributed by atoms with Crippen LogP contribution in [-0.4, -0.2) is 75.9 Å². The number of guanidine groups is 1. The number of rotatable bonds is 12. The van der Waals surface area contributed by atoms with E-state index in [-0.39, 0.29) is 11.8 Å². The molecule has 1 heterocycles. The lowest BCUT2D eigenvalue weighted by atomic mass is 10.1. The molecule has 0 radical (unpaired) electrons. The van der Waals surface area contributed by atoms with E-state index in [4.69, 9.17) is 9.47 Å². The number of nitrogens with one attached hydrogen (secondary N) is 3. The van der Waals surface area contributed by atoms with Crippen molar-refractivity contribution in [3.8, 4) is 5.75 Å². The standard InChI is InChI=1S/C24H39N5O3/c1-3-25-24(27-12-11-26-23(30)20-7-8-20)28-18-19-5-4-6-22(17-19)32-16-13-29(2)21-9-14-31-15-10-21/h4-6,17,20-21H,3,7-16,18H2,1-2H3,(H,26,30)(H2,25,27,28). The van der Waals surface area contributed by atoms with Crippen molar-refractivity contribution < 1.29 is 14.3 Å². The highest BCUT2D eigenvalue weighted by atomic mass is 16.5. The van der Waals surface area contributed by atoms with Gasteiger partial charge in [-0.2, -0.15) is 0 Å². The van der Waals surface area contributed by atoms with Crippen molar-refractivity contribution in [3.05, 3.63) is 29.8 Å². The normalized spacial score (nSPS) is 17.3. The highest BCUT2D eigenvalue weighted by molar-refractivity contribution is 5.81. The van der Waals surface area contributed by atoms with Crippen molar-refractivity contribution in [2.45, 2.75) is 45.2 Å². The van der Waals surface area contributed by atoms with Gasteiger partial charge < -0.3 is 25.4 Å². The number of aliphatic imine (C=N–C) groups is 1. The fourth-order valence-electron chi connectivity index (χ4n) is 3.72. The predicted octanol–water partition coefficient (Wildman–Crippen LogP) is 1.76. The Bertz CT molecular complexity index is 732. The summed E-state index contributed by atoms with van der Waals surface area (Å²) in [6.07, 6.45) is 4.25. The zero-order valence-electron chi connectivity index (χ0n) is 19.6. The van der Waals surface area contributed by atoms with Gasteiger partial charge in [0.2, 0.25) is 5.91 Å². The Balaban J connectivity index is 1.39. The molecule has 2 aliphatic rings. The van der Waals surface area contributed by atoms with Gasteiger partial charge in [0.25, 0.3) is 0 Å². The molecule has 0 spiro atoms. The molecule has 178 valence electrons. The summed E-state index contributed by atoms with van der Waals surface area (Å²) < 4.78 is 11.4. The first-order valence-electron chi connectivity index (χ1n) is 12.0. The van der Waals surface area contributed by atoms with Crippen LogP contribution in [0.15, 0.2) is 29.3 Å². The molecule has 0 unspecified atom stereocenters. The van der Waals surface area contributed by atoms with E-state index in [1.807, 2.05) is 19.1 Å². The van der Waals surface area contributed by atoms with Crippen molar-refractivity contribution in [3.63, 3.8) is 0 Å². The summed E-state index contributed by atoms with van der Waals surface area (Å²) in [5.41, 5.74) is 1.10. The maximum atomic E-state index is 11.7. The Kier molecular flexibility index (Phi) is 10.1. The quantitative estimate of drug-likeness (QED) is 0.258. The van der Waals surface area contributed by atoms with Gasteiger partial charge in [0, 0.05) is 51.4 Å². The third-order valence-corrected chi connectivity index (χ3v) is 5.85. The van der Waals surface area contributed by atoms with Crippen LogP contribution in [0.25, 0.3) is 0 Å². The molecule has 0 aromatic heterocycles. The molecular weight excluding hydrogens is 406 g/mol. The lowest BCUT2D eigenvalue weighted by molar-refractivity contribution is -0.122. The zero-order valence-corrected chi connectivity index (χ0v) is 19.6. The van der Waals surface area contributed by atoms with Crippen LogP contribution in [0.3, 0.4) is 0 Å². The molecule has 1 saturated heterocycles. The first-order valence-corrected chi connectivity index (χ1v) is 12.0. The molecule has 0 atom stereocenters. The average Bonchev–Trinajstić information content (AvgIpc) is 3.66. The van der Waals surface area contributed by atoms with Gasteiger partial charge in [-0.15, -0.1) is 0 Å². The summed E-state index contributed by atoms with van der Waals surface area (Å²) in [7, 11) is 2.16. The second kappa shape index (κ2) is 13.3. The minimum absolute atomic E-state index is 0.171. The van der Waals surface area contributed by atoms with Gasteiger partial charge in [0.05, 0.1) is 6.54 Å². The number of nitrogens with zero attached hydrogens (tertiary/aromatic N) is 2. The van der Waals surface area contributed by atoms with E-state index in [1.165, 1.54) is 0 Å². The fraction of sp³-hybridized carbons (Fsp3) is 0.667. The van der Waals surface area contributed by atoms with Gasteiger partial charge >= 0.3 is 0 Å². The van der Waals surface area contributed by atoms with Gasteiger partial charge in [-0.1, -0.05) is 12.1 Å². The summed E-state index contributed by atoms with van der Waals surface area (Å²) in [5, 5.41) is 9.49. The van der Waals surface area contributed by atoms with Gasteiger partial charge in [-0.25, -0.2) is 4.99 Å². The van der Waals surface area contributed by atoms with E-state index in [9.17, 15) is 4.79 Å². The topological polar surface area (TPSA) is 87.2 Å². The maximum Gasteiger partial charge on any atom is 0.223 e. The number of hydrogen-bond acceptors (Lipinski definition) is 5. The molecule has 1 aliphatic heterocycles. The molecule has 0 bridgehead atoms. The summed E-state index contributed by atoms with van der Waals surface area (Å²) in [4.78, 5) is 18.7. The Hall–Kier alpha value is -2.32. The first-order chi connectivity index (χ1) is 15.7. The van der Waals surface area contributed by atoms with Crippen LogP contribution in [0, 0.1) is 5.92 Å². The van der Waals surface area contributed by atoms with Crippen LogP contribution in [-0.2, 0) is 16.1 Å². The van der Waals surface area contributed by atoms with Crippen molar-refractivity contribution in [1.82, 2.24) is 20.9 Å². The lowest BCUT2D eigenvalue weighted by Gasteiger charge is -2.31. The van der Waals surface area contributed by atoms with E-state index in [1.54, 1.807) is 0 Å². The maximum absolute atomic E-state index is 11.7. The molecular formula is C24H39N5O3. The monoisotopic (exact) mass is 445 g/mol. The third-order valence-electron chi connectivity index (χ3n) is 5.85. The van der Waals surface area contributed by atoms with Crippen LogP contribution < -0.4 is 20.7 Å². The Morgan fingerprint density at radius 3 is 2.69 bits per heavy atom. The number of amides is 1. The van der Waals surface area contributed by atoms with Crippen LogP contribution in [0.4, 0.5) is 0 Å². The Labute approximate surface area is 192 Å². The summed E-state index contributed by atoms with van der Waals surface area (Å²) in [5.74, 6) is 2.04. The van der Waals surface area contributed by atoms with Crippen LogP contribution >= 0.6 is 0 Å². The van der Waals surface area contributed by atoms with Gasteiger partial charge in [0.15, 0.2) is 5.96 Å². The predicted molar refractivity (Wildman–Crippen MR) is 127 cm³/mol. The van der Waals surface area contributed by atoms with E-state index in [2.05, 4.69) is 45.0 Å². The average molecular weight is 446 g/mol. The molecule has 8 heteroatoms. The first kappa shape index (κ1) is 24.3. The molecule has 8 nitrogen and oxygen atoms in total. The highest BCUT2D eigenvalue weighted by Crippen LogP contribution is 2.28. The van der Waals surface area contributed by atoms with Crippen molar-refractivity contribution in [2.75, 3.05) is 53.0 Å². The largest absolute Gasteiger partial charge is 0.492 e. The number of benzene rings is 1. The smallest absolute Gasteiger partial charge is 0.223 e. The minimum atomic E-state index is 0.171. The number of carbonyl (C=O) groups excluding carboxylic acids is 1. The van der Waals surface area contributed by atoms with Crippen LogP contribution in [0.1, 0.15) is 38.2 Å². The van der Waals surface area contributed by atoms with E-state index < -0.39 is 0 Å². The molecule has 3 N–H and O–H groups in total. The molecule has 32 heavy (non-hydrogen) atoms. The van der Waals surface area contributed by atoms with Crippen LogP contribution in [0.5, 0.6) is 5.75 Å². The minimum Gasteiger partial charge on any atom is -0.492 e. The summed E-state index contributed by atoms with van der Waals surface area (Å²) in [6, 6.07) is 8.71. The molecule has 1 amide bonds. The number of carbonyl (C=O) groups is 1. The number of likely N-dealkylation sites (N-methyl/N-ethyl adjacent to an activating group) is 1. The highest BCUT2D eigenvalue weighted by Gasteiger charge is 2.28. The molecule has 1 aromatic carbocycles. The molecule has 1 aromatic rings. The molecule has 3 rings (SSSR count). The van der Waals surface area contributed by atoms with Crippen molar-refractivity contribution in [2.24, 2.45) is 10.9 Å². The Morgan fingerprint density at radius 2 is 1.94 bits per heavy atom. The Morgan fingerprint density at radius 1 is 1.16 bits per heavy atom. The fourth-order valence-corrected chi connectivity index (χ4v) is 3.72. The second-order valence-corrected chi connectivity index (χ2v) is 8.51. The van der Waals surface area contributed by atoms with Gasteiger partial charge in [-0.05, 0) is 57.4 Å². The number of hydrogen-bond donors (Lipinski definition) is 3. The molecule has 1 aliphatic carbocycles. The van der Waals surface area contributed by atoms with Crippen molar-refractivity contribution >= 4 is 11.9 Å². The summed E-state index contributed by atoms with van der Waals surface area (Å²) in [6.45, 7) is 7.91. The zero-order chi connectivity index (χ0) is 22.6.